The van der Waals surface area contributed by atoms with Crippen molar-refractivity contribution in [3.63, 3.8) is 0 Å². The molecule has 1 aromatic heterocycles. The van der Waals surface area contributed by atoms with Gasteiger partial charge >= 0.3 is 12.0 Å². The number of hydrogen-bond acceptors (Lipinski definition) is 4. The third-order valence-corrected chi connectivity index (χ3v) is 6.75. The van der Waals surface area contributed by atoms with Crippen LogP contribution in [0.3, 0.4) is 0 Å². The smallest absolute Gasteiger partial charge is 0.352 e. The molecule has 2 aliphatic rings. The first-order valence-electron chi connectivity index (χ1n) is 9.16. The van der Waals surface area contributed by atoms with Crippen LogP contribution in [0.2, 0.25) is 0 Å². The average Bonchev–Trinajstić information content (AvgIpc) is 3.32. The van der Waals surface area contributed by atoms with Gasteiger partial charge in [-0.2, -0.15) is 0 Å². The van der Waals surface area contributed by atoms with Crippen molar-refractivity contribution in [2.45, 2.75) is 43.4 Å². The predicted octanol–water partition coefficient (Wildman–Crippen LogP) is 2.21. The van der Waals surface area contributed by atoms with E-state index in [9.17, 15) is 18.0 Å². The molecule has 0 unspecified atom stereocenters. The molecule has 2 aromatic rings. The minimum atomic E-state index is -4.19. The van der Waals surface area contributed by atoms with Crippen molar-refractivity contribution in [3.8, 4) is 0 Å². The number of rotatable bonds is 4. The molecule has 28 heavy (non-hydrogen) atoms. The maximum atomic E-state index is 12.5. The summed E-state index contributed by atoms with van der Waals surface area (Å²) in [5, 5.41) is 11.8. The summed E-state index contributed by atoms with van der Waals surface area (Å²) in [4.78, 5) is 23.4. The van der Waals surface area contributed by atoms with Crippen LogP contribution in [0.25, 0.3) is 0 Å². The summed E-state index contributed by atoms with van der Waals surface area (Å²) in [6, 6.07) is 2.41. The minimum Gasteiger partial charge on any atom is -0.477 e. The third kappa shape index (κ3) is 3.15. The van der Waals surface area contributed by atoms with Crippen molar-refractivity contribution >= 4 is 27.7 Å². The number of carboxylic acids is 1. The van der Waals surface area contributed by atoms with Crippen LogP contribution in [0, 0.1) is 0 Å². The van der Waals surface area contributed by atoms with E-state index in [0.29, 0.717) is 0 Å². The highest BCUT2D eigenvalue weighted by molar-refractivity contribution is 7.90. The van der Waals surface area contributed by atoms with E-state index in [2.05, 4.69) is 11.4 Å². The maximum Gasteiger partial charge on any atom is 0.352 e. The van der Waals surface area contributed by atoms with Crippen molar-refractivity contribution in [1.82, 2.24) is 9.29 Å². The highest BCUT2D eigenvalue weighted by Gasteiger charge is 2.27. The number of benzene rings is 1. The van der Waals surface area contributed by atoms with Gasteiger partial charge in [-0.15, -0.1) is 0 Å². The zero-order chi connectivity index (χ0) is 20.1. The van der Waals surface area contributed by atoms with Crippen molar-refractivity contribution in [2.75, 3.05) is 5.32 Å². The molecule has 0 saturated carbocycles. The van der Waals surface area contributed by atoms with E-state index in [4.69, 9.17) is 5.11 Å². The van der Waals surface area contributed by atoms with Gasteiger partial charge in [0.25, 0.3) is 10.0 Å². The van der Waals surface area contributed by atoms with E-state index in [-0.39, 0.29) is 10.6 Å². The number of anilines is 1. The SMILES string of the molecule is Cn1cc(S(=O)(=O)NC(=O)Nc2c3c(cc4c2CCC4)CCC3)cc1C(=O)O. The van der Waals surface area contributed by atoms with Gasteiger partial charge in [0.05, 0.1) is 0 Å². The van der Waals surface area contributed by atoms with Crippen molar-refractivity contribution in [2.24, 2.45) is 7.05 Å². The second kappa shape index (κ2) is 6.66. The number of aromatic nitrogens is 1. The molecular weight excluding hydrogens is 382 g/mol. The van der Waals surface area contributed by atoms with Gasteiger partial charge < -0.3 is 15.0 Å². The second-order valence-electron chi connectivity index (χ2n) is 7.27. The first kappa shape index (κ1) is 18.5. The van der Waals surface area contributed by atoms with Crippen LogP contribution in [0.1, 0.15) is 45.6 Å². The number of aryl methyl sites for hydroxylation is 3. The number of carboxylic acid groups (broad SMARTS) is 1. The lowest BCUT2D eigenvalue weighted by atomic mass is 9.99. The van der Waals surface area contributed by atoms with E-state index in [0.717, 1.165) is 67.6 Å². The summed E-state index contributed by atoms with van der Waals surface area (Å²) in [5.74, 6) is -1.25. The Morgan fingerprint density at radius 2 is 1.64 bits per heavy atom. The molecule has 0 bridgehead atoms. The standard InChI is InChI=1S/C19H21N3O5S/c1-22-10-13(9-16(22)18(23)24)28(26,27)21-19(25)20-17-14-6-2-4-11(14)8-12-5-3-7-15(12)17/h8-10H,2-7H2,1H3,(H,23,24)(H2,20,21,25). The van der Waals surface area contributed by atoms with Crippen LogP contribution in [0.5, 0.6) is 0 Å². The number of carbonyl (C=O) groups excluding carboxylic acids is 1. The largest absolute Gasteiger partial charge is 0.477 e. The molecule has 0 aliphatic heterocycles. The van der Waals surface area contributed by atoms with Gasteiger partial charge in [-0.3, -0.25) is 0 Å². The Balaban J connectivity index is 1.59. The molecule has 8 nitrogen and oxygen atoms in total. The van der Waals surface area contributed by atoms with Crippen LogP contribution in [-0.4, -0.2) is 30.1 Å². The van der Waals surface area contributed by atoms with Crippen LogP contribution in [0.4, 0.5) is 10.5 Å². The van der Waals surface area contributed by atoms with E-state index >= 15 is 0 Å². The van der Waals surface area contributed by atoms with Gasteiger partial charge in [-0.05, 0) is 66.8 Å². The average molecular weight is 403 g/mol. The Hall–Kier alpha value is -2.81. The highest BCUT2D eigenvalue weighted by atomic mass is 32.2. The lowest BCUT2D eigenvalue weighted by Gasteiger charge is -2.16. The Kier molecular flexibility index (Phi) is 4.41. The number of fused-ring (bicyclic) bond motifs is 2. The van der Waals surface area contributed by atoms with Gasteiger partial charge in [0.1, 0.15) is 10.6 Å². The molecule has 0 atom stereocenters. The number of aromatic carboxylic acids is 1. The van der Waals surface area contributed by atoms with Crippen LogP contribution in [0.15, 0.2) is 23.2 Å². The molecule has 4 rings (SSSR count). The zero-order valence-electron chi connectivity index (χ0n) is 15.4. The van der Waals surface area contributed by atoms with Crippen LogP contribution < -0.4 is 10.0 Å². The molecule has 3 N–H and O–H groups in total. The molecule has 2 aliphatic carbocycles. The Morgan fingerprint density at radius 3 is 2.18 bits per heavy atom. The first-order valence-corrected chi connectivity index (χ1v) is 10.6. The maximum absolute atomic E-state index is 12.5. The molecule has 0 radical (unpaired) electrons. The number of carbonyl (C=O) groups is 2. The number of hydrogen-bond donors (Lipinski definition) is 3. The monoisotopic (exact) mass is 403 g/mol. The normalized spacial score (nSPS) is 15.2. The van der Waals surface area contributed by atoms with Gasteiger partial charge in [0.15, 0.2) is 0 Å². The predicted molar refractivity (Wildman–Crippen MR) is 102 cm³/mol. The lowest BCUT2D eigenvalue weighted by molar-refractivity contribution is 0.0686. The summed E-state index contributed by atoms with van der Waals surface area (Å²) in [7, 11) is -2.76. The fraction of sp³-hybridized carbons (Fsp3) is 0.368. The molecule has 0 spiro atoms. The quantitative estimate of drug-likeness (QED) is 0.723. The van der Waals surface area contributed by atoms with Crippen LogP contribution in [-0.2, 0) is 42.8 Å². The summed E-state index contributed by atoms with van der Waals surface area (Å²) < 4.78 is 28.2. The number of amides is 2. The minimum absolute atomic E-state index is 0.181. The van der Waals surface area contributed by atoms with Crippen molar-refractivity contribution in [1.29, 1.82) is 0 Å². The molecule has 148 valence electrons. The van der Waals surface area contributed by atoms with E-state index < -0.39 is 22.0 Å². The second-order valence-corrected chi connectivity index (χ2v) is 8.95. The summed E-state index contributed by atoms with van der Waals surface area (Å²) in [6.45, 7) is 0. The molecule has 9 heteroatoms. The Morgan fingerprint density at radius 1 is 1.04 bits per heavy atom. The summed E-state index contributed by atoms with van der Waals surface area (Å²) in [6.07, 6.45) is 6.89. The molecule has 0 saturated heterocycles. The molecule has 1 heterocycles. The molecule has 1 aromatic carbocycles. The third-order valence-electron chi connectivity index (χ3n) is 5.45. The van der Waals surface area contributed by atoms with Crippen molar-refractivity contribution in [3.05, 3.63) is 46.3 Å². The van der Waals surface area contributed by atoms with Crippen molar-refractivity contribution < 1.29 is 23.1 Å². The molecule has 0 fully saturated rings. The first-order chi connectivity index (χ1) is 13.3. The number of sulfonamides is 1. The Labute approximate surface area is 162 Å². The van der Waals surface area contributed by atoms with Crippen LogP contribution >= 0.6 is 0 Å². The summed E-state index contributed by atoms with van der Waals surface area (Å²) >= 11 is 0. The van der Waals surface area contributed by atoms with E-state index in [1.54, 1.807) is 0 Å². The number of urea groups is 1. The van der Waals surface area contributed by atoms with Gasteiger partial charge in [0.2, 0.25) is 0 Å². The highest BCUT2D eigenvalue weighted by Crippen LogP contribution is 2.38. The van der Waals surface area contributed by atoms with Gasteiger partial charge in [-0.25, -0.2) is 22.7 Å². The zero-order valence-corrected chi connectivity index (χ0v) is 16.2. The fourth-order valence-corrected chi connectivity index (χ4v) is 5.16. The van der Waals surface area contributed by atoms with Gasteiger partial charge in [-0.1, -0.05) is 6.07 Å². The lowest BCUT2D eigenvalue weighted by Crippen LogP contribution is -2.34. The van der Waals surface area contributed by atoms with E-state index in [1.807, 2.05) is 4.72 Å². The number of nitrogens with zero attached hydrogens (tertiary/aromatic N) is 1. The summed E-state index contributed by atoms with van der Waals surface area (Å²) in [5.41, 5.74) is 5.22. The fourth-order valence-electron chi connectivity index (χ4n) is 4.18. The topological polar surface area (TPSA) is 118 Å². The molecular formula is C19H21N3O5S. The van der Waals surface area contributed by atoms with E-state index in [1.165, 1.54) is 22.7 Å². The molecule has 2 amide bonds. The number of nitrogens with one attached hydrogen (secondary N) is 2. The van der Waals surface area contributed by atoms with Gasteiger partial charge in [0, 0.05) is 18.9 Å². The Bertz CT molecular complexity index is 1070.